The van der Waals surface area contributed by atoms with E-state index in [0.29, 0.717) is 6.42 Å². The second-order valence-corrected chi connectivity index (χ2v) is 7.56. The molecule has 0 bridgehead atoms. The minimum absolute atomic E-state index is 0.178. The highest BCUT2D eigenvalue weighted by molar-refractivity contribution is 7.74. The van der Waals surface area contributed by atoms with E-state index in [9.17, 15) is 13.2 Å². The van der Waals surface area contributed by atoms with E-state index in [1.54, 1.807) is 0 Å². The number of aromatic nitrogens is 4. The first-order chi connectivity index (χ1) is 12.6. The summed E-state index contributed by atoms with van der Waals surface area (Å²) in [4.78, 5) is 10.7. The van der Waals surface area contributed by atoms with Crippen molar-refractivity contribution < 1.29 is 13.2 Å². The van der Waals surface area contributed by atoms with Crippen molar-refractivity contribution in [1.29, 1.82) is 0 Å². The number of nitrogens with two attached hydrogens (primary N) is 1. The van der Waals surface area contributed by atoms with Gasteiger partial charge in [-0.2, -0.15) is 13.6 Å². The van der Waals surface area contributed by atoms with Crippen molar-refractivity contribution in [2.75, 3.05) is 0 Å². The van der Waals surface area contributed by atoms with E-state index < -0.39 is 16.2 Å². The lowest BCUT2D eigenvalue weighted by atomic mass is 10.0. The summed E-state index contributed by atoms with van der Waals surface area (Å²) in [6, 6.07) is 0. The van der Waals surface area contributed by atoms with E-state index in [0.717, 1.165) is 37.9 Å². The van der Waals surface area contributed by atoms with Gasteiger partial charge in [-0.05, 0) is 19.3 Å². The molecule has 0 spiro atoms. The van der Waals surface area contributed by atoms with E-state index in [4.69, 9.17) is 5.73 Å². The zero-order chi connectivity index (χ0) is 19.0. The molecule has 0 saturated heterocycles. The quantitative estimate of drug-likeness (QED) is 0.331. The molecule has 1 heterocycles. The van der Waals surface area contributed by atoms with Crippen molar-refractivity contribution in [3.63, 3.8) is 0 Å². The number of aromatic amines is 1. The summed E-state index contributed by atoms with van der Waals surface area (Å²) < 4.78 is 21.6. The molecular weight excluding hydrogens is 354 g/mol. The Morgan fingerprint density at radius 1 is 0.846 bits per heavy atom. The molecular formula is C17H31N5O3S. The smallest absolute Gasteiger partial charge is 0.260 e. The Hall–Kier alpha value is -1.77. The number of rotatable bonds is 16. The Morgan fingerprint density at radius 3 is 1.77 bits per heavy atom. The van der Waals surface area contributed by atoms with Gasteiger partial charge in [-0.25, -0.2) is 0 Å². The molecule has 0 unspecified atom stereocenters. The average molecular weight is 386 g/mol. The average Bonchev–Trinajstić information content (AvgIpc) is 3.11. The van der Waals surface area contributed by atoms with E-state index in [1.807, 2.05) is 0 Å². The molecule has 148 valence electrons. The van der Waals surface area contributed by atoms with Crippen LogP contribution in [0.2, 0.25) is 0 Å². The third kappa shape index (κ3) is 11.0. The largest absolute Gasteiger partial charge is 0.365 e. The normalized spacial score (nSPS) is 10.8. The summed E-state index contributed by atoms with van der Waals surface area (Å²) in [6.45, 7) is 0. The van der Waals surface area contributed by atoms with Crippen molar-refractivity contribution in [2.24, 2.45) is 5.73 Å². The van der Waals surface area contributed by atoms with Crippen LogP contribution in [0.25, 0.3) is 0 Å². The van der Waals surface area contributed by atoms with Gasteiger partial charge in [-0.3, -0.25) is 4.79 Å². The number of H-pyrrole nitrogens is 1. The van der Waals surface area contributed by atoms with Gasteiger partial charge in [0.25, 0.3) is 5.91 Å². The molecule has 1 aromatic rings. The highest BCUT2D eigenvalue weighted by Gasteiger charge is 2.08. The first-order valence-corrected chi connectivity index (χ1v) is 10.7. The SMILES string of the molecule is NC(=O)C(CCCCCCCCCCCCCCc1nn[nH]n1)=S(=O)=O. The standard InChI is InChI=1S/C17H31N5O3S/c18-17(23)15(26(24)25)13-11-9-7-5-3-1-2-4-6-8-10-12-14-16-19-21-22-20-16/h1-14H2,(H2,18,23)(H,19,20,21,22). The molecule has 1 amide bonds. The maximum atomic E-state index is 10.9. The van der Waals surface area contributed by atoms with Crippen molar-refractivity contribution in [3.05, 3.63) is 5.82 Å². The number of primary amides is 1. The fourth-order valence-corrected chi connectivity index (χ4v) is 3.39. The molecule has 0 aromatic carbocycles. The maximum absolute atomic E-state index is 10.9. The molecule has 0 aliphatic heterocycles. The summed E-state index contributed by atoms with van der Waals surface area (Å²) in [5.74, 6) is -0.0248. The minimum atomic E-state index is -2.48. The number of hydrogen-bond donors (Lipinski definition) is 2. The van der Waals surface area contributed by atoms with Crippen LogP contribution in [0.1, 0.15) is 89.3 Å². The minimum Gasteiger partial charge on any atom is -0.365 e. The molecule has 0 aliphatic carbocycles. The fourth-order valence-electron chi connectivity index (χ4n) is 2.91. The third-order valence-corrected chi connectivity index (χ3v) is 5.23. The van der Waals surface area contributed by atoms with Crippen molar-refractivity contribution in [1.82, 2.24) is 20.6 Å². The van der Waals surface area contributed by atoms with Gasteiger partial charge in [0.15, 0.2) is 5.82 Å². The molecule has 8 nitrogen and oxygen atoms in total. The van der Waals surface area contributed by atoms with Gasteiger partial charge in [-0.15, -0.1) is 10.2 Å². The summed E-state index contributed by atoms with van der Waals surface area (Å²) >= 11 is 0. The number of nitrogens with one attached hydrogen (secondary N) is 1. The summed E-state index contributed by atoms with van der Waals surface area (Å²) in [6.07, 6.45) is 15.0. The van der Waals surface area contributed by atoms with E-state index >= 15 is 0 Å². The second kappa shape index (κ2) is 14.4. The lowest BCUT2D eigenvalue weighted by molar-refractivity contribution is -0.111. The van der Waals surface area contributed by atoms with Gasteiger partial charge in [0, 0.05) is 6.42 Å². The van der Waals surface area contributed by atoms with Crippen LogP contribution >= 0.6 is 0 Å². The van der Waals surface area contributed by atoms with Crippen LogP contribution in [0.5, 0.6) is 0 Å². The van der Waals surface area contributed by atoms with Crippen LogP contribution in [0.15, 0.2) is 0 Å². The highest BCUT2D eigenvalue weighted by Crippen LogP contribution is 2.13. The molecule has 26 heavy (non-hydrogen) atoms. The predicted octanol–water partition coefficient (Wildman–Crippen LogP) is 2.35. The third-order valence-electron chi connectivity index (χ3n) is 4.42. The number of nitrogens with zero attached hydrogens (tertiary/aromatic N) is 3. The Balaban J connectivity index is 1.82. The Bertz CT molecular complexity index is 621. The van der Waals surface area contributed by atoms with Gasteiger partial charge >= 0.3 is 0 Å². The number of aryl methyl sites for hydroxylation is 1. The van der Waals surface area contributed by atoms with Crippen LogP contribution < -0.4 is 5.73 Å². The monoisotopic (exact) mass is 385 g/mol. The first kappa shape index (κ1) is 22.3. The van der Waals surface area contributed by atoms with Crippen LogP contribution in [-0.2, 0) is 21.5 Å². The number of carbonyl (C=O) groups excluding carboxylic acids is 1. The fraction of sp³-hybridized carbons (Fsp3) is 0.824. The molecule has 3 N–H and O–H groups in total. The van der Waals surface area contributed by atoms with Gasteiger partial charge in [0.2, 0.25) is 10.3 Å². The number of unbranched alkanes of at least 4 members (excludes halogenated alkanes) is 11. The predicted molar refractivity (Wildman–Crippen MR) is 101 cm³/mol. The van der Waals surface area contributed by atoms with Gasteiger partial charge in [-0.1, -0.05) is 69.4 Å². The molecule has 0 radical (unpaired) electrons. The van der Waals surface area contributed by atoms with Gasteiger partial charge < -0.3 is 5.73 Å². The molecule has 1 aromatic heterocycles. The molecule has 9 heteroatoms. The zero-order valence-electron chi connectivity index (χ0n) is 15.5. The Morgan fingerprint density at radius 2 is 1.35 bits per heavy atom. The first-order valence-electron chi connectivity index (χ1n) is 9.58. The molecule has 0 fully saturated rings. The maximum Gasteiger partial charge on any atom is 0.260 e. The summed E-state index contributed by atoms with van der Waals surface area (Å²) in [7, 11) is -2.48. The lowest BCUT2D eigenvalue weighted by Crippen LogP contribution is -2.23. The van der Waals surface area contributed by atoms with Crippen LogP contribution in [0, 0.1) is 0 Å². The summed E-state index contributed by atoms with van der Waals surface area (Å²) in [5.41, 5.74) is 5.03. The molecule has 0 aliphatic rings. The number of hydrogen-bond acceptors (Lipinski definition) is 6. The second-order valence-electron chi connectivity index (χ2n) is 6.59. The van der Waals surface area contributed by atoms with E-state index in [2.05, 4.69) is 20.6 Å². The van der Waals surface area contributed by atoms with Crippen LogP contribution in [-0.4, -0.2) is 39.8 Å². The van der Waals surface area contributed by atoms with E-state index in [-0.39, 0.29) is 11.3 Å². The Labute approximate surface area is 156 Å². The summed E-state index contributed by atoms with van der Waals surface area (Å²) in [5, 5.41) is 13.9. The molecule has 1 rings (SSSR count). The van der Waals surface area contributed by atoms with Crippen LogP contribution in [0.4, 0.5) is 0 Å². The van der Waals surface area contributed by atoms with E-state index in [1.165, 1.54) is 44.9 Å². The van der Waals surface area contributed by atoms with Gasteiger partial charge in [0.05, 0.1) is 0 Å². The number of amides is 1. The van der Waals surface area contributed by atoms with Crippen molar-refractivity contribution >= 4 is 21.1 Å². The van der Waals surface area contributed by atoms with Gasteiger partial charge in [0.1, 0.15) is 4.86 Å². The number of tetrazole rings is 1. The Kier molecular flexibility index (Phi) is 12.3. The van der Waals surface area contributed by atoms with Crippen molar-refractivity contribution in [3.8, 4) is 0 Å². The molecule has 0 atom stereocenters. The van der Waals surface area contributed by atoms with Crippen LogP contribution in [0.3, 0.4) is 0 Å². The lowest BCUT2D eigenvalue weighted by Gasteiger charge is -2.03. The van der Waals surface area contributed by atoms with Crippen molar-refractivity contribution in [2.45, 2.75) is 89.9 Å². The molecule has 0 saturated carbocycles. The highest BCUT2D eigenvalue weighted by atomic mass is 32.2. The number of carbonyl (C=O) groups is 1. The zero-order valence-corrected chi connectivity index (χ0v) is 16.3. The topological polar surface area (TPSA) is 132 Å².